The topological polar surface area (TPSA) is 107 Å². The van der Waals surface area contributed by atoms with Gasteiger partial charge in [0.2, 0.25) is 10.0 Å². The van der Waals surface area contributed by atoms with Crippen molar-refractivity contribution in [2.45, 2.75) is 13.5 Å². The predicted molar refractivity (Wildman–Crippen MR) is 152 cm³/mol. The van der Waals surface area contributed by atoms with E-state index >= 15 is 0 Å². The first kappa shape index (κ1) is 29.3. The highest BCUT2D eigenvalue weighted by Gasteiger charge is 2.21. The third kappa shape index (κ3) is 8.11. The van der Waals surface area contributed by atoms with Crippen LogP contribution in [0.3, 0.4) is 0 Å². The maximum Gasteiger partial charge on any atom is 0.260 e. The number of hydrogen-bond acceptors (Lipinski definition) is 7. The summed E-state index contributed by atoms with van der Waals surface area (Å²) in [4.78, 5) is 12.5. The molecule has 1 amide bonds. The Bertz CT molecular complexity index is 1400. The molecule has 1 N–H and O–H groups in total. The molecule has 3 rings (SSSR count). The van der Waals surface area contributed by atoms with Crippen molar-refractivity contribution in [3.63, 3.8) is 0 Å². The van der Waals surface area contributed by atoms with E-state index in [9.17, 15) is 13.2 Å². The normalized spacial score (nSPS) is 11.3. The first-order valence-electron chi connectivity index (χ1n) is 11.4. The van der Waals surface area contributed by atoms with Gasteiger partial charge in [0, 0.05) is 10.6 Å². The molecule has 0 fully saturated rings. The zero-order valence-corrected chi connectivity index (χ0v) is 24.1. The molecule has 0 saturated heterocycles. The van der Waals surface area contributed by atoms with Crippen LogP contribution in [0.25, 0.3) is 0 Å². The number of carbonyl (C=O) groups is 1. The Labute approximate surface area is 235 Å². The number of nitrogens with one attached hydrogen (secondary N) is 1. The summed E-state index contributed by atoms with van der Waals surface area (Å²) in [6.45, 7) is 2.12. The highest BCUT2D eigenvalue weighted by Crippen LogP contribution is 2.37. The van der Waals surface area contributed by atoms with Crippen molar-refractivity contribution in [3.05, 3.63) is 81.3 Å². The van der Waals surface area contributed by atoms with Crippen molar-refractivity contribution in [2.24, 2.45) is 5.10 Å². The molecule has 0 aromatic heterocycles. The summed E-state index contributed by atoms with van der Waals surface area (Å²) in [5.41, 5.74) is 4.11. The molecule has 0 heterocycles. The van der Waals surface area contributed by atoms with E-state index in [1.165, 1.54) is 13.3 Å². The van der Waals surface area contributed by atoms with Gasteiger partial charge in [-0.15, -0.1) is 0 Å². The zero-order valence-electron chi connectivity index (χ0n) is 21.0. The fourth-order valence-corrected chi connectivity index (χ4v) is 4.96. The van der Waals surface area contributed by atoms with E-state index in [2.05, 4.69) is 26.5 Å². The van der Waals surface area contributed by atoms with Crippen molar-refractivity contribution >= 4 is 55.4 Å². The fourth-order valence-electron chi connectivity index (χ4n) is 3.34. The van der Waals surface area contributed by atoms with Gasteiger partial charge in [-0.2, -0.15) is 5.10 Å². The molecular formula is C26H27BrClN3O6S. The molecule has 12 heteroatoms. The third-order valence-electron chi connectivity index (χ3n) is 5.11. The zero-order chi connectivity index (χ0) is 27.7. The van der Waals surface area contributed by atoms with Crippen molar-refractivity contribution in [2.75, 3.05) is 30.8 Å². The number of amides is 1. The van der Waals surface area contributed by atoms with Crippen LogP contribution in [-0.2, 0) is 21.4 Å². The molecule has 0 aliphatic carbocycles. The Morgan fingerprint density at radius 2 is 1.84 bits per heavy atom. The minimum atomic E-state index is -3.73. The number of anilines is 1. The van der Waals surface area contributed by atoms with E-state index in [4.69, 9.17) is 25.8 Å². The van der Waals surface area contributed by atoms with Gasteiger partial charge in [0.1, 0.15) is 18.9 Å². The lowest BCUT2D eigenvalue weighted by atomic mass is 10.2. The maximum atomic E-state index is 12.5. The number of rotatable bonds is 12. The Kier molecular flexibility index (Phi) is 10.4. The number of carbonyl (C=O) groups excluding carboxylic acids is 1. The second-order valence-corrected chi connectivity index (χ2v) is 11.1. The quantitative estimate of drug-likeness (QED) is 0.225. The minimum absolute atomic E-state index is 0.239. The van der Waals surface area contributed by atoms with Crippen LogP contribution < -0.4 is 23.9 Å². The van der Waals surface area contributed by atoms with Crippen LogP contribution in [0, 0.1) is 0 Å². The molecule has 0 bridgehead atoms. The molecule has 0 aliphatic rings. The highest BCUT2D eigenvalue weighted by atomic mass is 79.9. The maximum absolute atomic E-state index is 12.5. The molecule has 0 aliphatic heterocycles. The first-order chi connectivity index (χ1) is 18.1. The standard InChI is InChI=1S/C26H27BrClN3O6S/c1-4-36-21-11-9-20(10-12-21)31(38(3,33)34)16-25(32)30-29-15-18-13-22(27)26(24(14-18)35-2)37-17-19-7-5-6-8-23(19)28/h5-15H,4,16-17H2,1-3H3,(H,30,32)/b29-15-. The summed E-state index contributed by atoms with van der Waals surface area (Å²) in [6.07, 6.45) is 2.43. The molecule has 0 atom stereocenters. The van der Waals surface area contributed by atoms with Crippen LogP contribution in [-0.4, -0.2) is 47.1 Å². The van der Waals surface area contributed by atoms with E-state index in [0.717, 1.165) is 16.1 Å². The molecular weight excluding hydrogens is 598 g/mol. The molecule has 0 unspecified atom stereocenters. The lowest BCUT2D eigenvalue weighted by molar-refractivity contribution is -0.119. The third-order valence-corrected chi connectivity index (χ3v) is 7.21. The number of benzene rings is 3. The average molecular weight is 625 g/mol. The van der Waals surface area contributed by atoms with Crippen LogP contribution >= 0.6 is 27.5 Å². The van der Waals surface area contributed by atoms with Gasteiger partial charge >= 0.3 is 0 Å². The first-order valence-corrected chi connectivity index (χ1v) is 14.4. The van der Waals surface area contributed by atoms with E-state index in [0.29, 0.717) is 44.6 Å². The van der Waals surface area contributed by atoms with Gasteiger partial charge in [-0.25, -0.2) is 13.8 Å². The smallest absolute Gasteiger partial charge is 0.260 e. The van der Waals surface area contributed by atoms with Crippen LogP contribution in [0.5, 0.6) is 17.2 Å². The van der Waals surface area contributed by atoms with Crippen LogP contribution in [0.2, 0.25) is 5.02 Å². The van der Waals surface area contributed by atoms with Crippen LogP contribution in [0.15, 0.2) is 70.2 Å². The number of hydrazone groups is 1. The number of hydrogen-bond donors (Lipinski definition) is 1. The average Bonchev–Trinajstić information content (AvgIpc) is 2.87. The van der Waals surface area contributed by atoms with Crippen LogP contribution in [0.1, 0.15) is 18.1 Å². The second-order valence-electron chi connectivity index (χ2n) is 7.90. The summed E-state index contributed by atoms with van der Waals surface area (Å²) in [7, 11) is -2.22. The Balaban J connectivity index is 1.67. The molecule has 3 aromatic rings. The van der Waals surface area contributed by atoms with Gasteiger partial charge in [0.15, 0.2) is 11.5 Å². The van der Waals surface area contributed by atoms with E-state index in [1.807, 2.05) is 25.1 Å². The van der Waals surface area contributed by atoms with Crippen molar-refractivity contribution in [1.82, 2.24) is 5.43 Å². The monoisotopic (exact) mass is 623 g/mol. The Morgan fingerprint density at radius 1 is 1.13 bits per heavy atom. The van der Waals surface area contributed by atoms with Gasteiger partial charge in [0.05, 0.1) is 36.3 Å². The number of ether oxygens (including phenoxy) is 3. The van der Waals surface area contributed by atoms with Crippen molar-refractivity contribution in [3.8, 4) is 17.2 Å². The highest BCUT2D eigenvalue weighted by molar-refractivity contribution is 9.10. The number of nitrogens with zero attached hydrogens (tertiary/aromatic N) is 2. The summed E-state index contributed by atoms with van der Waals surface area (Å²) >= 11 is 9.68. The SMILES string of the molecule is CCOc1ccc(N(CC(=O)N/N=C\c2cc(Br)c(OCc3ccccc3Cl)c(OC)c2)S(C)(=O)=O)cc1. The van der Waals surface area contributed by atoms with Gasteiger partial charge < -0.3 is 14.2 Å². The Morgan fingerprint density at radius 3 is 2.47 bits per heavy atom. The fraction of sp³-hybridized carbons (Fsp3) is 0.231. The van der Waals surface area contributed by atoms with Crippen molar-refractivity contribution < 1.29 is 27.4 Å². The van der Waals surface area contributed by atoms with Gasteiger partial charge in [-0.1, -0.05) is 29.8 Å². The molecule has 9 nitrogen and oxygen atoms in total. The van der Waals surface area contributed by atoms with Crippen LogP contribution in [0.4, 0.5) is 5.69 Å². The van der Waals surface area contributed by atoms with E-state index in [1.54, 1.807) is 42.5 Å². The predicted octanol–water partition coefficient (Wildman–Crippen LogP) is 5.01. The summed E-state index contributed by atoms with van der Waals surface area (Å²) in [5.74, 6) is 0.901. The number of methoxy groups -OCH3 is 1. The molecule has 3 aromatic carbocycles. The molecule has 0 spiro atoms. The number of sulfonamides is 1. The molecule has 38 heavy (non-hydrogen) atoms. The van der Waals surface area contributed by atoms with Gasteiger partial charge in [0.25, 0.3) is 5.91 Å². The molecule has 0 radical (unpaired) electrons. The Hall–Kier alpha value is -3.28. The van der Waals surface area contributed by atoms with Gasteiger partial charge in [-0.05, 0) is 70.9 Å². The summed E-state index contributed by atoms with van der Waals surface area (Å²) < 4.78 is 43.0. The molecule has 202 valence electrons. The van der Waals surface area contributed by atoms with Crippen molar-refractivity contribution in [1.29, 1.82) is 0 Å². The summed E-state index contributed by atoms with van der Waals surface area (Å²) in [5, 5.41) is 4.56. The van der Waals surface area contributed by atoms with E-state index in [-0.39, 0.29) is 6.61 Å². The molecule has 0 saturated carbocycles. The largest absolute Gasteiger partial charge is 0.494 e. The second kappa shape index (κ2) is 13.5. The minimum Gasteiger partial charge on any atom is -0.494 e. The lowest BCUT2D eigenvalue weighted by Crippen LogP contribution is -2.39. The number of halogens is 2. The van der Waals surface area contributed by atoms with E-state index < -0.39 is 22.5 Å². The lowest BCUT2D eigenvalue weighted by Gasteiger charge is -2.21. The van der Waals surface area contributed by atoms with Gasteiger partial charge in [-0.3, -0.25) is 9.10 Å². The summed E-state index contributed by atoms with van der Waals surface area (Å²) in [6, 6.07) is 17.2.